The molecule has 0 aliphatic carbocycles. The molecule has 0 aliphatic heterocycles. The van der Waals surface area contributed by atoms with Crippen LogP contribution in [0, 0.1) is 11.3 Å². The zero-order valence-corrected chi connectivity index (χ0v) is 13.2. The van der Waals surface area contributed by atoms with E-state index in [2.05, 4.69) is 52.9 Å². The number of nitrogens with zero attached hydrogens (tertiary/aromatic N) is 2. The van der Waals surface area contributed by atoms with Crippen molar-refractivity contribution in [1.82, 2.24) is 4.90 Å². The monoisotopic (exact) mass is 323 g/mol. The fourth-order valence-corrected chi connectivity index (χ4v) is 2.75. The number of nitrogens with two attached hydrogens (primary N) is 1. The van der Waals surface area contributed by atoms with Crippen molar-refractivity contribution in [2.24, 2.45) is 5.73 Å². The Morgan fingerprint density at radius 2 is 2.16 bits per heavy atom. The summed E-state index contributed by atoms with van der Waals surface area (Å²) in [7, 11) is 0. The van der Waals surface area contributed by atoms with Gasteiger partial charge in [0, 0.05) is 29.5 Å². The van der Waals surface area contributed by atoms with Gasteiger partial charge in [-0.2, -0.15) is 5.26 Å². The fraction of sp³-hybridized carbons (Fsp3) is 0.533. The molecule has 1 rings (SSSR count). The minimum Gasteiger partial charge on any atom is -0.326 e. The highest BCUT2D eigenvalue weighted by Crippen LogP contribution is 2.27. The second-order valence-corrected chi connectivity index (χ2v) is 5.52. The molecule has 1 aromatic carbocycles. The van der Waals surface area contributed by atoms with Crippen LogP contribution in [0.5, 0.6) is 0 Å². The Kier molecular flexibility index (Phi) is 7.07. The Morgan fingerprint density at radius 1 is 1.42 bits per heavy atom. The van der Waals surface area contributed by atoms with Gasteiger partial charge < -0.3 is 5.73 Å². The van der Waals surface area contributed by atoms with Crippen LogP contribution in [0.15, 0.2) is 28.7 Å². The van der Waals surface area contributed by atoms with Crippen molar-refractivity contribution in [3.8, 4) is 6.07 Å². The summed E-state index contributed by atoms with van der Waals surface area (Å²) in [4.78, 5) is 2.29. The summed E-state index contributed by atoms with van der Waals surface area (Å²) in [5.41, 5.74) is 7.52. The van der Waals surface area contributed by atoms with Gasteiger partial charge in [-0.1, -0.05) is 41.9 Å². The second-order valence-electron chi connectivity index (χ2n) is 4.61. The third-order valence-corrected chi connectivity index (χ3v) is 3.87. The summed E-state index contributed by atoms with van der Waals surface area (Å²) >= 11 is 3.51. The van der Waals surface area contributed by atoms with Crippen LogP contribution in [0.2, 0.25) is 0 Å². The van der Waals surface area contributed by atoms with Gasteiger partial charge in [-0.15, -0.1) is 0 Å². The number of hydrogen-bond acceptors (Lipinski definition) is 3. The Bertz CT molecular complexity index is 428. The molecule has 0 heterocycles. The van der Waals surface area contributed by atoms with Gasteiger partial charge >= 0.3 is 0 Å². The molecule has 2 N–H and O–H groups in total. The number of hydrogen-bond donors (Lipinski definition) is 1. The molecular weight excluding hydrogens is 302 g/mol. The van der Waals surface area contributed by atoms with E-state index >= 15 is 0 Å². The van der Waals surface area contributed by atoms with Gasteiger partial charge in [0.1, 0.15) is 0 Å². The Morgan fingerprint density at radius 3 is 2.68 bits per heavy atom. The zero-order valence-electron chi connectivity index (χ0n) is 11.6. The third-order valence-electron chi connectivity index (χ3n) is 3.38. The van der Waals surface area contributed by atoms with Gasteiger partial charge in [-0.05, 0) is 30.7 Å². The summed E-state index contributed by atoms with van der Waals surface area (Å²) in [6.07, 6.45) is 1.45. The fourth-order valence-electron chi connectivity index (χ4n) is 2.33. The predicted molar refractivity (Wildman–Crippen MR) is 82.6 cm³/mol. The minimum absolute atomic E-state index is 0.0768. The zero-order chi connectivity index (χ0) is 14.3. The molecule has 0 aromatic heterocycles. The Balaban J connectivity index is 3.02. The van der Waals surface area contributed by atoms with E-state index in [-0.39, 0.29) is 12.1 Å². The summed E-state index contributed by atoms with van der Waals surface area (Å²) in [5, 5.41) is 8.79. The average molecular weight is 324 g/mol. The number of halogens is 1. The van der Waals surface area contributed by atoms with Crippen LogP contribution >= 0.6 is 15.9 Å². The van der Waals surface area contributed by atoms with Crippen LogP contribution in [-0.2, 0) is 0 Å². The van der Waals surface area contributed by atoms with Crippen LogP contribution in [0.1, 0.15) is 38.3 Å². The first-order valence-electron chi connectivity index (χ1n) is 6.76. The van der Waals surface area contributed by atoms with Crippen LogP contribution in [-0.4, -0.2) is 24.0 Å². The number of rotatable bonds is 7. The van der Waals surface area contributed by atoms with Crippen LogP contribution in [0.25, 0.3) is 0 Å². The standard InChI is InChI=1S/C15H22BrN3/c1-3-14(18)15(19(4-2)10-6-9-17)12-7-5-8-13(16)11-12/h5,7-8,11,14-15H,3-4,6,10,18H2,1-2H3. The maximum Gasteiger partial charge on any atom is 0.0635 e. The molecule has 104 valence electrons. The Hall–Kier alpha value is -0.890. The van der Waals surface area contributed by atoms with E-state index in [1.165, 1.54) is 5.56 Å². The lowest BCUT2D eigenvalue weighted by Gasteiger charge is -2.34. The molecule has 0 saturated carbocycles. The topological polar surface area (TPSA) is 53.0 Å². The molecule has 4 heteroatoms. The molecule has 0 bridgehead atoms. The highest BCUT2D eigenvalue weighted by Gasteiger charge is 2.24. The van der Waals surface area contributed by atoms with Crippen molar-refractivity contribution < 1.29 is 0 Å². The molecule has 0 radical (unpaired) electrons. The summed E-state index contributed by atoms with van der Waals surface area (Å²) in [6.45, 7) is 5.88. The van der Waals surface area contributed by atoms with Gasteiger partial charge in [0.05, 0.1) is 6.07 Å². The molecule has 19 heavy (non-hydrogen) atoms. The van der Waals surface area contributed by atoms with E-state index in [1.54, 1.807) is 0 Å². The van der Waals surface area contributed by atoms with E-state index in [0.717, 1.165) is 24.0 Å². The van der Waals surface area contributed by atoms with Gasteiger partial charge in [0.15, 0.2) is 0 Å². The number of benzene rings is 1. The summed E-state index contributed by atoms with van der Waals surface area (Å²) < 4.78 is 1.06. The first-order valence-corrected chi connectivity index (χ1v) is 7.55. The van der Waals surface area contributed by atoms with E-state index in [9.17, 15) is 0 Å². The van der Waals surface area contributed by atoms with Crippen molar-refractivity contribution in [1.29, 1.82) is 5.26 Å². The van der Waals surface area contributed by atoms with Crippen molar-refractivity contribution in [3.63, 3.8) is 0 Å². The van der Waals surface area contributed by atoms with E-state index in [0.29, 0.717) is 6.42 Å². The summed E-state index contributed by atoms with van der Waals surface area (Å²) in [5.74, 6) is 0. The molecular formula is C15H22BrN3. The molecule has 0 amide bonds. The van der Waals surface area contributed by atoms with Crippen molar-refractivity contribution in [3.05, 3.63) is 34.3 Å². The molecule has 2 atom stereocenters. The molecule has 0 spiro atoms. The third kappa shape index (κ3) is 4.61. The lowest BCUT2D eigenvalue weighted by atomic mass is 9.96. The highest BCUT2D eigenvalue weighted by atomic mass is 79.9. The van der Waals surface area contributed by atoms with Crippen LogP contribution in [0.4, 0.5) is 0 Å². The van der Waals surface area contributed by atoms with Crippen molar-refractivity contribution in [2.45, 2.75) is 38.8 Å². The van der Waals surface area contributed by atoms with Gasteiger partial charge in [0.2, 0.25) is 0 Å². The van der Waals surface area contributed by atoms with Crippen LogP contribution < -0.4 is 5.73 Å². The van der Waals surface area contributed by atoms with E-state index in [4.69, 9.17) is 11.0 Å². The first-order chi connectivity index (χ1) is 9.13. The van der Waals surface area contributed by atoms with Gasteiger partial charge in [-0.3, -0.25) is 4.90 Å². The van der Waals surface area contributed by atoms with E-state index < -0.39 is 0 Å². The maximum absolute atomic E-state index is 8.79. The molecule has 2 unspecified atom stereocenters. The average Bonchev–Trinajstić information content (AvgIpc) is 2.42. The smallest absolute Gasteiger partial charge is 0.0635 e. The molecule has 1 aromatic rings. The molecule has 0 saturated heterocycles. The maximum atomic E-state index is 8.79. The molecule has 3 nitrogen and oxygen atoms in total. The molecule has 0 fully saturated rings. The summed E-state index contributed by atoms with van der Waals surface area (Å²) in [6, 6.07) is 10.7. The largest absolute Gasteiger partial charge is 0.326 e. The lowest BCUT2D eigenvalue weighted by Crippen LogP contribution is -2.41. The minimum atomic E-state index is 0.0768. The van der Waals surface area contributed by atoms with Gasteiger partial charge in [-0.25, -0.2) is 0 Å². The van der Waals surface area contributed by atoms with Crippen LogP contribution in [0.3, 0.4) is 0 Å². The molecule has 0 aliphatic rings. The predicted octanol–water partition coefficient (Wildman–Crippen LogP) is 3.46. The SMILES string of the molecule is CCC(N)C(c1cccc(Br)c1)N(CC)CCC#N. The van der Waals surface area contributed by atoms with Crippen molar-refractivity contribution >= 4 is 15.9 Å². The number of nitriles is 1. The number of likely N-dealkylation sites (N-methyl/N-ethyl adjacent to an activating group) is 1. The Labute approximate surface area is 124 Å². The van der Waals surface area contributed by atoms with Crippen molar-refractivity contribution in [2.75, 3.05) is 13.1 Å². The van der Waals surface area contributed by atoms with Gasteiger partial charge in [0.25, 0.3) is 0 Å². The second kappa shape index (κ2) is 8.31. The lowest BCUT2D eigenvalue weighted by molar-refractivity contribution is 0.181. The quantitative estimate of drug-likeness (QED) is 0.835. The normalized spacial score (nSPS) is 14.1. The highest BCUT2D eigenvalue weighted by molar-refractivity contribution is 9.10. The first kappa shape index (κ1) is 16.2. The van der Waals surface area contributed by atoms with E-state index in [1.807, 2.05) is 12.1 Å².